The van der Waals surface area contributed by atoms with E-state index in [0.717, 1.165) is 0 Å². The van der Waals surface area contributed by atoms with Crippen molar-refractivity contribution in [2.45, 2.75) is 85.2 Å². The minimum Gasteiger partial charge on any atom is -0.413 e. The maximum Gasteiger partial charge on any atom is 0.220 e. The van der Waals surface area contributed by atoms with Crippen LogP contribution in [0.15, 0.2) is 12.3 Å². The maximum atomic E-state index is 10.9. The summed E-state index contributed by atoms with van der Waals surface area (Å²) in [5, 5.41) is 12.9. The van der Waals surface area contributed by atoms with E-state index in [4.69, 9.17) is 4.43 Å². The molecule has 5 heteroatoms. The van der Waals surface area contributed by atoms with Gasteiger partial charge in [-0.05, 0) is 37.7 Å². The third kappa shape index (κ3) is 6.22. The van der Waals surface area contributed by atoms with Crippen LogP contribution >= 0.6 is 0 Å². The normalized spacial score (nSPS) is 16.6. The van der Waals surface area contributed by atoms with Crippen molar-refractivity contribution >= 4 is 14.2 Å². The molecule has 1 unspecified atom stereocenters. The van der Waals surface area contributed by atoms with Crippen molar-refractivity contribution in [1.29, 1.82) is 0 Å². The zero-order valence-electron chi connectivity index (χ0n) is 15.8. The highest BCUT2D eigenvalue weighted by Gasteiger charge is 2.43. The van der Waals surface area contributed by atoms with Gasteiger partial charge in [-0.25, -0.2) is 0 Å². The smallest absolute Gasteiger partial charge is 0.220 e. The number of amides is 1. The van der Waals surface area contributed by atoms with E-state index < -0.39 is 14.4 Å². The third-order valence-electron chi connectivity index (χ3n) is 4.90. The number of carbonyl (C=O) groups excluding carboxylic acids is 1. The first-order valence-corrected chi connectivity index (χ1v) is 10.9. The Morgan fingerprint density at radius 1 is 1.27 bits per heavy atom. The molecule has 0 aliphatic rings. The highest BCUT2D eigenvalue weighted by Crippen LogP contribution is 2.41. The Hall–Kier alpha value is -0.653. The Bertz CT molecular complexity index is 395. The van der Waals surface area contributed by atoms with Crippen LogP contribution < -0.4 is 5.32 Å². The van der Waals surface area contributed by atoms with E-state index in [1.807, 2.05) is 19.9 Å². The van der Waals surface area contributed by atoms with Gasteiger partial charge in [-0.3, -0.25) is 4.79 Å². The Morgan fingerprint density at radius 2 is 1.77 bits per heavy atom. The van der Waals surface area contributed by atoms with Crippen molar-refractivity contribution in [2.24, 2.45) is 5.41 Å². The lowest BCUT2D eigenvalue weighted by atomic mass is 9.80. The molecule has 0 heterocycles. The van der Waals surface area contributed by atoms with Crippen LogP contribution in [0, 0.1) is 5.41 Å². The van der Waals surface area contributed by atoms with Gasteiger partial charge in [0.1, 0.15) is 0 Å². The van der Waals surface area contributed by atoms with Gasteiger partial charge in [0.15, 0.2) is 8.32 Å². The molecule has 0 aliphatic heterocycles. The largest absolute Gasteiger partial charge is 0.413 e. The summed E-state index contributed by atoms with van der Waals surface area (Å²) < 4.78 is 6.55. The quantitative estimate of drug-likeness (QED) is 0.698. The molecule has 130 valence electrons. The zero-order valence-corrected chi connectivity index (χ0v) is 16.8. The number of rotatable bonds is 7. The summed E-state index contributed by atoms with van der Waals surface area (Å²) in [6, 6.07) is 0. The zero-order chi connectivity index (χ0) is 17.8. The molecular weight excluding hydrogens is 294 g/mol. The lowest BCUT2D eigenvalue weighted by molar-refractivity contribution is -0.118. The molecule has 0 fully saturated rings. The van der Waals surface area contributed by atoms with Gasteiger partial charge in [0.25, 0.3) is 0 Å². The molecule has 0 radical (unpaired) electrons. The van der Waals surface area contributed by atoms with E-state index in [1.165, 1.54) is 6.92 Å². The minimum absolute atomic E-state index is 0.0899. The fourth-order valence-electron chi connectivity index (χ4n) is 1.67. The van der Waals surface area contributed by atoms with Crippen LogP contribution in [0.3, 0.4) is 0 Å². The van der Waals surface area contributed by atoms with Crippen LogP contribution in [-0.4, -0.2) is 31.5 Å². The average Bonchev–Trinajstić information content (AvgIpc) is 2.30. The fraction of sp³-hybridized carbons (Fsp3) is 0.824. The number of nitrogens with one attached hydrogen (secondary N) is 1. The molecule has 0 saturated heterocycles. The van der Waals surface area contributed by atoms with Gasteiger partial charge in [-0.2, -0.15) is 0 Å². The van der Waals surface area contributed by atoms with Gasteiger partial charge in [0.05, 0.1) is 12.2 Å². The molecule has 4 nitrogen and oxygen atoms in total. The Balaban J connectivity index is 5.20. The number of hydrogen-bond donors (Lipinski definition) is 2. The van der Waals surface area contributed by atoms with Gasteiger partial charge in [-0.15, -0.1) is 0 Å². The van der Waals surface area contributed by atoms with E-state index in [2.05, 4.69) is 39.2 Å². The van der Waals surface area contributed by atoms with Gasteiger partial charge in [-0.1, -0.05) is 40.7 Å². The van der Waals surface area contributed by atoms with E-state index in [9.17, 15) is 9.90 Å². The number of hydrogen-bond acceptors (Lipinski definition) is 3. The average molecular weight is 330 g/mol. The van der Waals surface area contributed by atoms with Crippen LogP contribution in [0.4, 0.5) is 0 Å². The van der Waals surface area contributed by atoms with Crippen LogP contribution in [-0.2, 0) is 9.22 Å². The topological polar surface area (TPSA) is 58.6 Å². The Morgan fingerprint density at radius 3 is 2.14 bits per heavy atom. The molecule has 22 heavy (non-hydrogen) atoms. The van der Waals surface area contributed by atoms with Gasteiger partial charge < -0.3 is 14.8 Å². The van der Waals surface area contributed by atoms with Gasteiger partial charge >= 0.3 is 0 Å². The van der Waals surface area contributed by atoms with Crippen LogP contribution in [0.25, 0.3) is 0 Å². The monoisotopic (exact) mass is 329 g/mol. The molecule has 2 N–H and O–H groups in total. The minimum atomic E-state index is -1.94. The molecule has 0 aromatic heterocycles. The number of aliphatic hydroxyl groups is 1. The van der Waals surface area contributed by atoms with Crippen molar-refractivity contribution in [3.63, 3.8) is 0 Å². The van der Waals surface area contributed by atoms with Crippen molar-refractivity contribution in [1.82, 2.24) is 5.32 Å². The van der Waals surface area contributed by atoms with Crippen molar-refractivity contribution in [3.05, 3.63) is 12.3 Å². The summed E-state index contributed by atoms with van der Waals surface area (Å²) in [6.45, 7) is 18.4. The van der Waals surface area contributed by atoms with Gasteiger partial charge in [0, 0.05) is 12.3 Å². The van der Waals surface area contributed by atoms with E-state index >= 15 is 0 Å². The van der Waals surface area contributed by atoms with E-state index in [0.29, 0.717) is 6.42 Å². The van der Waals surface area contributed by atoms with Crippen LogP contribution in [0.2, 0.25) is 18.1 Å². The van der Waals surface area contributed by atoms with Crippen molar-refractivity contribution in [3.8, 4) is 0 Å². The second-order valence-electron chi connectivity index (χ2n) is 8.20. The van der Waals surface area contributed by atoms with E-state index in [1.54, 1.807) is 13.1 Å². The third-order valence-corrected chi connectivity index (χ3v) is 9.39. The first-order chi connectivity index (χ1) is 9.72. The summed E-state index contributed by atoms with van der Waals surface area (Å²) in [4.78, 5) is 10.9. The molecule has 1 amide bonds. The summed E-state index contributed by atoms with van der Waals surface area (Å²) >= 11 is 0. The maximum absolute atomic E-state index is 10.9. The summed E-state index contributed by atoms with van der Waals surface area (Å²) in [6.07, 6.45) is 3.64. The summed E-state index contributed by atoms with van der Waals surface area (Å²) in [7, 11) is -1.94. The second kappa shape index (κ2) is 7.75. The molecule has 2 atom stereocenters. The second-order valence-corrected chi connectivity index (χ2v) is 13.0. The molecule has 0 rings (SSSR count). The predicted molar refractivity (Wildman–Crippen MR) is 95.1 cm³/mol. The summed E-state index contributed by atoms with van der Waals surface area (Å²) in [5.74, 6) is -0.0899. The highest BCUT2D eigenvalue weighted by molar-refractivity contribution is 6.74. The van der Waals surface area contributed by atoms with Gasteiger partial charge in [0.2, 0.25) is 5.91 Å². The molecule has 0 bridgehead atoms. The first kappa shape index (κ1) is 21.3. The van der Waals surface area contributed by atoms with Crippen molar-refractivity contribution < 1.29 is 14.3 Å². The Kier molecular flexibility index (Phi) is 7.52. The summed E-state index contributed by atoms with van der Waals surface area (Å²) in [5.41, 5.74) is -0.365. The fourth-order valence-corrected chi connectivity index (χ4v) is 3.14. The first-order valence-electron chi connectivity index (χ1n) is 8.00. The predicted octanol–water partition coefficient (Wildman–Crippen LogP) is 3.82. The number of carbonyl (C=O) groups is 1. The van der Waals surface area contributed by atoms with Crippen LogP contribution in [0.1, 0.15) is 54.9 Å². The number of aliphatic hydroxyl groups excluding tert-OH is 1. The molecule has 0 aliphatic carbocycles. The molecule has 0 aromatic rings. The highest BCUT2D eigenvalue weighted by atomic mass is 28.4. The molecular formula is C17H35NO3Si. The lowest BCUT2D eigenvalue weighted by Crippen LogP contribution is -2.50. The standard InChI is InChI=1S/C17H35NO3Si/c1-13(19)17(6,7)15(11-10-12-18-14(2)20)21-22(8,9)16(3,4)5/h10,12-13,15,19H,11H2,1-9H3,(H,18,20)/b12-10+/t13?,15-/m1/s1. The van der Waals surface area contributed by atoms with E-state index in [-0.39, 0.29) is 22.5 Å². The van der Waals surface area contributed by atoms with Crippen molar-refractivity contribution in [2.75, 3.05) is 0 Å². The lowest BCUT2D eigenvalue weighted by Gasteiger charge is -2.45. The Labute approximate surface area is 137 Å². The SMILES string of the molecule is CC(=O)N/C=C/C[C@@H](O[Si](C)(C)C(C)(C)C)C(C)(C)C(C)O. The molecule has 0 aromatic carbocycles. The molecule has 0 saturated carbocycles. The van der Waals surface area contributed by atoms with Crippen LogP contribution in [0.5, 0.6) is 0 Å². The molecule has 0 spiro atoms.